The summed E-state index contributed by atoms with van der Waals surface area (Å²) >= 11 is 0. The third-order valence-electron chi connectivity index (χ3n) is 2.49. The van der Waals surface area contributed by atoms with E-state index in [0.29, 0.717) is 0 Å². The minimum Gasteiger partial charge on any atom is -0.502 e. The van der Waals surface area contributed by atoms with Gasteiger partial charge in [-0.1, -0.05) is 13.8 Å². The average Bonchev–Trinajstić information content (AvgIpc) is 2.28. The molecule has 1 heterocycles. The van der Waals surface area contributed by atoms with Gasteiger partial charge in [-0.25, -0.2) is 0 Å². The summed E-state index contributed by atoms with van der Waals surface area (Å²) in [6.45, 7) is 3.03. The smallest absolute Gasteiger partial charge is 0.306 e. The third-order valence-corrected chi connectivity index (χ3v) is 2.49. The van der Waals surface area contributed by atoms with Crippen molar-refractivity contribution >= 4 is 11.9 Å². The Labute approximate surface area is 114 Å². The highest BCUT2D eigenvalue weighted by molar-refractivity contribution is 5.73. The quantitative estimate of drug-likeness (QED) is 0.756. The molecule has 0 unspecified atom stereocenters. The third kappa shape index (κ3) is 5.13. The van der Waals surface area contributed by atoms with Gasteiger partial charge < -0.3 is 19.4 Å². The van der Waals surface area contributed by atoms with Gasteiger partial charge in [0.05, 0.1) is 12.8 Å². The number of carboxylic acids is 1. The summed E-state index contributed by atoms with van der Waals surface area (Å²) in [5.41, 5.74) is -1.35. The monoisotopic (exact) mass is 284 g/mol. The number of aliphatic carboxylic acids is 1. The molecule has 7 nitrogen and oxygen atoms in total. The number of hydrogen-bond donors (Lipinski definition) is 2. The summed E-state index contributed by atoms with van der Waals surface area (Å²) in [4.78, 5) is 33.3. The lowest BCUT2D eigenvalue weighted by Gasteiger charge is -2.20. The topological polar surface area (TPSA) is 114 Å². The molecule has 7 heteroatoms. The highest BCUT2D eigenvalue weighted by Crippen LogP contribution is 2.25. The van der Waals surface area contributed by atoms with Crippen molar-refractivity contribution in [3.05, 3.63) is 28.3 Å². The average molecular weight is 284 g/mol. The van der Waals surface area contributed by atoms with Crippen LogP contribution in [0.5, 0.6) is 5.75 Å². The molecule has 0 atom stereocenters. The van der Waals surface area contributed by atoms with Crippen LogP contribution in [-0.2, 0) is 20.9 Å². The molecule has 20 heavy (non-hydrogen) atoms. The highest BCUT2D eigenvalue weighted by Gasteiger charge is 2.26. The summed E-state index contributed by atoms with van der Waals surface area (Å²) in [6, 6.07) is 1.02. The van der Waals surface area contributed by atoms with E-state index in [9.17, 15) is 14.4 Å². The molecule has 0 aliphatic rings. The SMILES string of the molecule is CC(C)(CC(=O)O)CC(=O)OCc1cc(=O)c(O)co1. The van der Waals surface area contributed by atoms with Crippen molar-refractivity contribution in [3.8, 4) is 5.75 Å². The molecule has 0 saturated carbocycles. The second-order valence-electron chi connectivity index (χ2n) is 5.17. The predicted molar refractivity (Wildman–Crippen MR) is 67.1 cm³/mol. The Morgan fingerprint density at radius 3 is 2.55 bits per heavy atom. The molecule has 0 spiro atoms. The number of aromatic hydroxyl groups is 1. The van der Waals surface area contributed by atoms with Crippen molar-refractivity contribution < 1.29 is 29.0 Å². The molecular weight excluding hydrogens is 268 g/mol. The Morgan fingerprint density at radius 1 is 1.35 bits per heavy atom. The first kappa shape index (κ1) is 15.7. The van der Waals surface area contributed by atoms with Gasteiger partial charge in [0, 0.05) is 6.07 Å². The fourth-order valence-electron chi connectivity index (χ4n) is 1.58. The van der Waals surface area contributed by atoms with E-state index in [0.717, 1.165) is 12.3 Å². The van der Waals surface area contributed by atoms with Crippen LogP contribution in [0.25, 0.3) is 0 Å². The first-order valence-electron chi connectivity index (χ1n) is 5.88. The Morgan fingerprint density at radius 2 is 2.00 bits per heavy atom. The molecule has 0 bridgehead atoms. The van der Waals surface area contributed by atoms with Gasteiger partial charge in [-0.05, 0) is 5.41 Å². The van der Waals surface area contributed by atoms with Crippen molar-refractivity contribution in [2.45, 2.75) is 33.3 Å². The van der Waals surface area contributed by atoms with E-state index in [4.69, 9.17) is 19.4 Å². The van der Waals surface area contributed by atoms with E-state index < -0.39 is 28.5 Å². The molecule has 0 saturated heterocycles. The van der Waals surface area contributed by atoms with Gasteiger partial charge in [0.1, 0.15) is 18.6 Å². The summed E-state index contributed by atoms with van der Waals surface area (Å²) < 4.78 is 9.76. The molecular formula is C13H16O7. The van der Waals surface area contributed by atoms with Crippen molar-refractivity contribution in [2.75, 3.05) is 0 Å². The second kappa shape index (κ2) is 6.23. The molecule has 1 rings (SSSR count). The zero-order valence-electron chi connectivity index (χ0n) is 11.2. The lowest BCUT2D eigenvalue weighted by Crippen LogP contribution is -2.22. The number of ether oxygens (including phenoxy) is 1. The van der Waals surface area contributed by atoms with Gasteiger partial charge in [-0.2, -0.15) is 0 Å². The standard InChI is InChI=1S/C13H16O7/c1-13(2,4-11(16)17)5-12(18)20-6-8-3-9(14)10(15)7-19-8/h3,7,15H,4-6H2,1-2H3,(H,16,17). The van der Waals surface area contributed by atoms with Crippen LogP contribution in [0, 0.1) is 5.41 Å². The molecule has 0 aliphatic heterocycles. The van der Waals surface area contributed by atoms with Crippen LogP contribution in [-0.4, -0.2) is 22.2 Å². The Balaban J connectivity index is 2.53. The van der Waals surface area contributed by atoms with E-state index in [1.807, 2.05) is 0 Å². The van der Waals surface area contributed by atoms with Crippen molar-refractivity contribution in [1.82, 2.24) is 0 Å². The number of esters is 1. The summed E-state index contributed by atoms with van der Waals surface area (Å²) in [6.07, 6.45) is 0.637. The maximum absolute atomic E-state index is 11.6. The molecule has 110 valence electrons. The first-order valence-corrected chi connectivity index (χ1v) is 5.88. The van der Waals surface area contributed by atoms with E-state index in [1.165, 1.54) is 0 Å². The zero-order valence-corrected chi connectivity index (χ0v) is 11.2. The molecule has 0 radical (unpaired) electrons. The van der Waals surface area contributed by atoms with Crippen molar-refractivity contribution in [3.63, 3.8) is 0 Å². The predicted octanol–water partition coefficient (Wildman–Crippen LogP) is 1.28. The normalized spacial score (nSPS) is 11.1. The highest BCUT2D eigenvalue weighted by atomic mass is 16.5. The van der Waals surface area contributed by atoms with Gasteiger partial charge >= 0.3 is 11.9 Å². The number of rotatable bonds is 6. The number of carbonyl (C=O) groups is 2. The van der Waals surface area contributed by atoms with E-state index in [2.05, 4.69) is 0 Å². The van der Waals surface area contributed by atoms with Crippen molar-refractivity contribution in [1.29, 1.82) is 0 Å². The lowest BCUT2D eigenvalue weighted by molar-refractivity contribution is -0.149. The summed E-state index contributed by atoms with van der Waals surface area (Å²) in [5.74, 6) is -2.01. The zero-order chi connectivity index (χ0) is 15.3. The number of carbonyl (C=O) groups excluding carboxylic acids is 1. The molecule has 2 N–H and O–H groups in total. The molecule has 0 aliphatic carbocycles. The summed E-state index contributed by atoms with van der Waals surface area (Å²) in [5, 5.41) is 17.7. The summed E-state index contributed by atoms with van der Waals surface area (Å²) in [7, 11) is 0. The van der Waals surface area contributed by atoms with Gasteiger partial charge in [-0.15, -0.1) is 0 Å². The maximum atomic E-state index is 11.6. The van der Waals surface area contributed by atoms with Crippen LogP contribution in [0.4, 0.5) is 0 Å². The molecule has 0 amide bonds. The minimum absolute atomic E-state index is 0.0678. The fraction of sp³-hybridized carbons (Fsp3) is 0.462. The van der Waals surface area contributed by atoms with Gasteiger partial charge in [-0.3, -0.25) is 14.4 Å². The van der Waals surface area contributed by atoms with Crippen LogP contribution >= 0.6 is 0 Å². The van der Waals surface area contributed by atoms with E-state index >= 15 is 0 Å². The van der Waals surface area contributed by atoms with Crippen LogP contribution in [0.15, 0.2) is 21.5 Å². The molecule has 1 aromatic heterocycles. The van der Waals surface area contributed by atoms with E-state index in [-0.39, 0.29) is 25.2 Å². The number of hydrogen-bond acceptors (Lipinski definition) is 6. The van der Waals surface area contributed by atoms with Crippen molar-refractivity contribution in [2.24, 2.45) is 5.41 Å². The largest absolute Gasteiger partial charge is 0.502 e. The Bertz CT molecular complexity index is 556. The molecule has 0 fully saturated rings. The number of carboxylic acid groups (broad SMARTS) is 1. The van der Waals surface area contributed by atoms with Crippen LogP contribution in [0.1, 0.15) is 32.4 Å². The minimum atomic E-state index is -0.993. The Kier molecular flexibility index (Phi) is 4.90. The van der Waals surface area contributed by atoms with Crippen LogP contribution in [0.3, 0.4) is 0 Å². The first-order chi connectivity index (χ1) is 9.19. The molecule has 0 aromatic carbocycles. The van der Waals surface area contributed by atoms with Crippen LogP contribution in [0.2, 0.25) is 0 Å². The van der Waals surface area contributed by atoms with Gasteiger partial charge in [0.2, 0.25) is 5.43 Å². The van der Waals surface area contributed by atoms with E-state index in [1.54, 1.807) is 13.8 Å². The van der Waals surface area contributed by atoms with Crippen LogP contribution < -0.4 is 5.43 Å². The second-order valence-corrected chi connectivity index (χ2v) is 5.17. The fourth-order valence-corrected chi connectivity index (χ4v) is 1.58. The Hall–Kier alpha value is -2.31. The van der Waals surface area contributed by atoms with Gasteiger partial charge in [0.25, 0.3) is 0 Å². The van der Waals surface area contributed by atoms with Gasteiger partial charge in [0.15, 0.2) is 5.75 Å². The molecule has 1 aromatic rings. The maximum Gasteiger partial charge on any atom is 0.306 e. The lowest BCUT2D eigenvalue weighted by atomic mass is 9.86.